The molecule has 0 radical (unpaired) electrons. The van der Waals surface area contributed by atoms with Crippen LogP contribution in [0.5, 0.6) is 5.75 Å². The quantitative estimate of drug-likeness (QED) is 0.481. The van der Waals surface area contributed by atoms with Crippen LogP contribution < -0.4 is 20.7 Å². The van der Waals surface area contributed by atoms with Gasteiger partial charge < -0.3 is 20.7 Å². The molecule has 2 heterocycles. The van der Waals surface area contributed by atoms with Gasteiger partial charge in [0.2, 0.25) is 0 Å². The molecule has 2 aliphatic rings. The van der Waals surface area contributed by atoms with E-state index in [2.05, 4.69) is 39.6 Å². The number of benzene rings is 1. The van der Waals surface area contributed by atoms with Crippen LogP contribution in [0.25, 0.3) is 0 Å². The van der Waals surface area contributed by atoms with Gasteiger partial charge in [-0.3, -0.25) is 4.79 Å². The van der Waals surface area contributed by atoms with Crippen LogP contribution in [0.2, 0.25) is 0 Å². The lowest BCUT2D eigenvalue weighted by atomic mass is 10.1. The number of hydrogen-bond acceptors (Lipinski definition) is 6. The molecule has 2 fully saturated rings. The predicted molar refractivity (Wildman–Crippen MR) is 120 cm³/mol. The van der Waals surface area contributed by atoms with Crippen molar-refractivity contribution >= 4 is 17.2 Å². The molecule has 7 heteroatoms. The molecule has 3 N–H and O–H groups in total. The predicted octanol–water partition coefficient (Wildman–Crippen LogP) is 3.21. The minimum atomic E-state index is -0.113. The van der Waals surface area contributed by atoms with Crippen LogP contribution in [0.4, 0.5) is 0 Å². The average molecular weight is 427 g/mol. The molecule has 0 bridgehead atoms. The molecule has 1 aromatic carbocycles. The third-order valence-electron chi connectivity index (χ3n) is 5.48. The molecule has 1 aromatic heterocycles. The minimum absolute atomic E-state index is 0.113. The number of carbonyl (C=O) groups excluding carboxylic acids is 1. The number of aromatic nitrogens is 1. The van der Waals surface area contributed by atoms with Crippen molar-refractivity contribution in [3.05, 3.63) is 58.1 Å². The van der Waals surface area contributed by atoms with Gasteiger partial charge in [-0.2, -0.15) is 0 Å². The van der Waals surface area contributed by atoms with Crippen LogP contribution in [-0.2, 0) is 13.1 Å². The van der Waals surface area contributed by atoms with Crippen LogP contribution in [-0.4, -0.2) is 37.1 Å². The Balaban J connectivity index is 1.35. The van der Waals surface area contributed by atoms with E-state index in [1.165, 1.54) is 30.6 Å². The summed E-state index contributed by atoms with van der Waals surface area (Å²) in [4.78, 5) is 17.0. The van der Waals surface area contributed by atoms with E-state index in [1.54, 1.807) is 6.08 Å². The first-order valence-corrected chi connectivity index (χ1v) is 11.6. The fraction of sp³-hybridized carbons (Fsp3) is 0.478. The van der Waals surface area contributed by atoms with E-state index >= 15 is 0 Å². The molecule has 1 saturated carbocycles. The Labute approximate surface area is 182 Å². The van der Waals surface area contributed by atoms with Crippen molar-refractivity contribution in [1.82, 2.24) is 20.9 Å². The maximum atomic E-state index is 12.5. The Morgan fingerprint density at radius 1 is 1.27 bits per heavy atom. The zero-order chi connectivity index (χ0) is 20.8. The Kier molecular flexibility index (Phi) is 7.15. The van der Waals surface area contributed by atoms with Gasteiger partial charge in [0, 0.05) is 24.4 Å². The van der Waals surface area contributed by atoms with Crippen molar-refractivity contribution in [1.29, 1.82) is 0 Å². The molecule has 1 aliphatic heterocycles. The van der Waals surface area contributed by atoms with E-state index in [0.29, 0.717) is 30.0 Å². The second kappa shape index (κ2) is 10.2. The summed E-state index contributed by atoms with van der Waals surface area (Å²) in [6.45, 7) is 8.61. The second-order valence-corrected chi connectivity index (χ2v) is 8.97. The van der Waals surface area contributed by atoms with Gasteiger partial charge in [-0.1, -0.05) is 18.7 Å². The van der Waals surface area contributed by atoms with E-state index in [0.717, 1.165) is 48.7 Å². The van der Waals surface area contributed by atoms with Gasteiger partial charge in [0.1, 0.15) is 12.4 Å². The van der Waals surface area contributed by atoms with E-state index in [1.807, 2.05) is 11.4 Å². The number of rotatable bonds is 11. The maximum Gasteiger partial charge on any atom is 0.280 e. The normalized spacial score (nSPS) is 18.3. The molecule has 2 aromatic rings. The summed E-state index contributed by atoms with van der Waals surface area (Å²) in [5.41, 5.74) is 3.23. The molecule has 1 aliphatic carbocycles. The molecule has 1 saturated heterocycles. The van der Waals surface area contributed by atoms with Crippen molar-refractivity contribution in [2.24, 2.45) is 5.92 Å². The smallest absolute Gasteiger partial charge is 0.280 e. The molecule has 1 atom stereocenters. The first kappa shape index (κ1) is 21.0. The molecular weight excluding hydrogens is 396 g/mol. The van der Waals surface area contributed by atoms with Crippen LogP contribution in [0.15, 0.2) is 36.2 Å². The molecular formula is C23H30N4O2S. The first-order chi connectivity index (χ1) is 14.7. The van der Waals surface area contributed by atoms with Crippen LogP contribution in [0.3, 0.4) is 0 Å². The summed E-state index contributed by atoms with van der Waals surface area (Å²) in [5, 5.41) is 12.5. The number of nitrogens with zero attached hydrogens (tertiary/aromatic N) is 1. The highest BCUT2D eigenvalue weighted by atomic mass is 32.1. The zero-order valence-electron chi connectivity index (χ0n) is 17.3. The van der Waals surface area contributed by atoms with Gasteiger partial charge in [0.15, 0.2) is 5.01 Å². The summed E-state index contributed by atoms with van der Waals surface area (Å²) in [7, 11) is 0. The molecule has 1 amide bonds. The maximum absolute atomic E-state index is 12.5. The monoisotopic (exact) mass is 426 g/mol. The standard InChI is InChI=1S/C23H30N4O2S/c1-2-7-29-20-9-17(13-25-12-16-5-6-24-11-16)8-18(10-20)14-26-22(28)23-27-21(15-30-23)19-3-4-19/h2,8-10,15-16,19,24-25H,1,3-7,11-14H2,(H,26,28). The Morgan fingerprint density at radius 3 is 2.83 bits per heavy atom. The largest absolute Gasteiger partial charge is 0.490 e. The fourth-order valence-electron chi connectivity index (χ4n) is 3.70. The van der Waals surface area contributed by atoms with Crippen molar-refractivity contribution in [2.75, 3.05) is 26.2 Å². The summed E-state index contributed by atoms with van der Waals surface area (Å²) in [6.07, 6.45) is 5.35. The number of carbonyl (C=O) groups is 1. The third-order valence-corrected chi connectivity index (χ3v) is 6.34. The van der Waals surface area contributed by atoms with E-state index in [-0.39, 0.29) is 5.91 Å². The van der Waals surface area contributed by atoms with Crippen LogP contribution in [0.1, 0.15) is 51.8 Å². The van der Waals surface area contributed by atoms with Crippen molar-refractivity contribution < 1.29 is 9.53 Å². The number of ether oxygens (including phenoxy) is 1. The number of hydrogen-bond donors (Lipinski definition) is 3. The summed E-state index contributed by atoms with van der Waals surface area (Å²) in [6, 6.07) is 6.15. The van der Waals surface area contributed by atoms with Gasteiger partial charge in [-0.15, -0.1) is 11.3 Å². The zero-order valence-corrected chi connectivity index (χ0v) is 18.1. The SMILES string of the molecule is C=CCOc1cc(CNCC2CCNC2)cc(CNC(=O)c2nc(C3CC3)cs2)c1. The number of nitrogens with one attached hydrogen (secondary N) is 3. The Bertz CT molecular complexity index is 872. The molecule has 30 heavy (non-hydrogen) atoms. The van der Waals surface area contributed by atoms with Crippen molar-refractivity contribution in [3.63, 3.8) is 0 Å². The fourth-order valence-corrected chi connectivity index (χ4v) is 4.51. The lowest BCUT2D eigenvalue weighted by Crippen LogP contribution is -2.24. The van der Waals surface area contributed by atoms with Crippen LogP contribution >= 0.6 is 11.3 Å². The van der Waals surface area contributed by atoms with E-state index in [9.17, 15) is 4.79 Å². The minimum Gasteiger partial charge on any atom is -0.490 e. The van der Waals surface area contributed by atoms with Crippen LogP contribution in [0, 0.1) is 5.92 Å². The highest BCUT2D eigenvalue weighted by molar-refractivity contribution is 7.11. The highest BCUT2D eigenvalue weighted by Gasteiger charge is 2.27. The summed E-state index contributed by atoms with van der Waals surface area (Å²) in [5.74, 6) is 1.95. The van der Waals surface area contributed by atoms with Gasteiger partial charge >= 0.3 is 0 Å². The van der Waals surface area contributed by atoms with Crippen molar-refractivity contribution in [2.45, 2.75) is 38.3 Å². The van der Waals surface area contributed by atoms with E-state index in [4.69, 9.17) is 4.74 Å². The Morgan fingerprint density at radius 2 is 2.10 bits per heavy atom. The number of thiazole rings is 1. The third kappa shape index (κ3) is 5.90. The average Bonchev–Trinajstić information content (AvgIpc) is 3.25. The second-order valence-electron chi connectivity index (χ2n) is 8.11. The molecule has 160 valence electrons. The summed E-state index contributed by atoms with van der Waals surface area (Å²) < 4.78 is 5.77. The lowest BCUT2D eigenvalue weighted by Gasteiger charge is -2.13. The molecule has 0 spiro atoms. The molecule has 1 unspecified atom stereocenters. The highest BCUT2D eigenvalue weighted by Crippen LogP contribution is 2.40. The Hall–Kier alpha value is -2.22. The first-order valence-electron chi connectivity index (χ1n) is 10.7. The topological polar surface area (TPSA) is 75.3 Å². The molecule has 4 rings (SSSR count). The van der Waals surface area contributed by atoms with E-state index < -0.39 is 0 Å². The van der Waals surface area contributed by atoms with Crippen molar-refractivity contribution in [3.8, 4) is 5.75 Å². The summed E-state index contributed by atoms with van der Waals surface area (Å²) >= 11 is 1.43. The number of amides is 1. The lowest BCUT2D eigenvalue weighted by molar-refractivity contribution is 0.0950. The molecule has 6 nitrogen and oxygen atoms in total. The van der Waals surface area contributed by atoms with Gasteiger partial charge in [0.25, 0.3) is 5.91 Å². The van der Waals surface area contributed by atoms with Gasteiger partial charge in [0.05, 0.1) is 5.69 Å². The van der Waals surface area contributed by atoms with Gasteiger partial charge in [-0.05, 0) is 68.1 Å². The van der Waals surface area contributed by atoms with Gasteiger partial charge in [-0.25, -0.2) is 4.98 Å².